The van der Waals surface area contributed by atoms with Crippen LogP contribution in [0.5, 0.6) is 11.5 Å². The molecule has 29 heavy (non-hydrogen) atoms. The van der Waals surface area contributed by atoms with Gasteiger partial charge in [0.1, 0.15) is 6.61 Å². The van der Waals surface area contributed by atoms with Crippen LogP contribution in [0.3, 0.4) is 0 Å². The molecule has 4 aromatic rings. The highest BCUT2D eigenvalue weighted by Crippen LogP contribution is 2.35. The fourth-order valence-electron chi connectivity index (χ4n) is 3.05. The van der Waals surface area contributed by atoms with Gasteiger partial charge >= 0.3 is 0 Å². The summed E-state index contributed by atoms with van der Waals surface area (Å²) in [5, 5.41) is 15.5. The molecule has 3 heterocycles. The van der Waals surface area contributed by atoms with Crippen LogP contribution < -0.4 is 19.6 Å². The lowest BCUT2D eigenvalue weighted by Crippen LogP contribution is -2.26. The number of nitrogens with zero attached hydrogens (tertiary/aromatic N) is 4. The molecule has 5 rings (SSSR count). The topological polar surface area (TPSA) is 109 Å². The van der Waals surface area contributed by atoms with Gasteiger partial charge < -0.3 is 9.47 Å². The van der Waals surface area contributed by atoms with Crippen molar-refractivity contribution in [2.75, 3.05) is 6.61 Å². The predicted octanol–water partition coefficient (Wildman–Crippen LogP) is 2.12. The molecule has 0 N–H and O–H groups in total. The summed E-state index contributed by atoms with van der Waals surface area (Å²) in [6.45, 7) is 0.234. The third kappa shape index (κ3) is 2.99. The van der Waals surface area contributed by atoms with Crippen LogP contribution >= 0.6 is 11.3 Å². The lowest BCUT2D eigenvalue weighted by atomic mass is 10.2. The van der Waals surface area contributed by atoms with Gasteiger partial charge in [0.05, 0.1) is 15.0 Å². The SMILES string of the molecule is O=c1/c(=C\c2ccccc2[N+](=O)[O-])sc2nc([C@H]3COc4ccccc4O3)nn12. The Hall–Kier alpha value is -3.79. The first-order chi connectivity index (χ1) is 14.1. The maximum atomic E-state index is 12.7. The first-order valence-electron chi connectivity index (χ1n) is 8.63. The molecule has 0 spiro atoms. The number of thiazole rings is 1. The summed E-state index contributed by atoms with van der Waals surface area (Å²) in [5.41, 5.74) is -0.114. The zero-order chi connectivity index (χ0) is 20.0. The van der Waals surface area contributed by atoms with Crippen LogP contribution in [0.25, 0.3) is 11.0 Å². The minimum atomic E-state index is -0.529. The number of nitro groups is 1. The summed E-state index contributed by atoms with van der Waals surface area (Å²) >= 11 is 1.11. The van der Waals surface area contributed by atoms with Crippen molar-refractivity contribution in [2.45, 2.75) is 6.10 Å². The van der Waals surface area contributed by atoms with Gasteiger partial charge in [-0.25, -0.2) is 0 Å². The first-order valence-corrected chi connectivity index (χ1v) is 9.45. The fraction of sp³-hybridized carbons (Fsp3) is 0.105. The molecule has 1 atom stereocenters. The number of nitro benzene ring substituents is 1. The Morgan fingerprint density at radius 3 is 2.72 bits per heavy atom. The van der Waals surface area contributed by atoms with Crippen molar-refractivity contribution in [3.05, 3.63) is 84.9 Å². The highest BCUT2D eigenvalue weighted by Gasteiger charge is 2.27. The highest BCUT2D eigenvalue weighted by molar-refractivity contribution is 7.15. The molecule has 0 saturated heterocycles. The van der Waals surface area contributed by atoms with E-state index in [4.69, 9.17) is 9.47 Å². The molecule has 0 amide bonds. The van der Waals surface area contributed by atoms with Gasteiger partial charge in [0, 0.05) is 6.07 Å². The molecule has 0 unspecified atom stereocenters. The second-order valence-electron chi connectivity index (χ2n) is 6.26. The van der Waals surface area contributed by atoms with Crippen LogP contribution in [0.4, 0.5) is 5.69 Å². The molecule has 1 aliphatic rings. The quantitative estimate of drug-likeness (QED) is 0.377. The van der Waals surface area contributed by atoms with Gasteiger partial charge in [-0.3, -0.25) is 14.9 Å². The minimum absolute atomic E-state index is 0.0713. The van der Waals surface area contributed by atoms with E-state index in [9.17, 15) is 14.9 Å². The third-order valence-corrected chi connectivity index (χ3v) is 5.37. The van der Waals surface area contributed by atoms with Gasteiger partial charge in [0.2, 0.25) is 4.96 Å². The van der Waals surface area contributed by atoms with E-state index < -0.39 is 11.0 Å². The van der Waals surface area contributed by atoms with Crippen molar-refractivity contribution in [1.29, 1.82) is 0 Å². The zero-order valence-electron chi connectivity index (χ0n) is 14.7. The summed E-state index contributed by atoms with van der Waals surface area (Å²) < 4.78 is 13.1. The monoisotopic (exact) mass is 408 g/mol. The highest BCUT2D eigenvalue weighted by atomic mass is 32.1. The van der Waals surface area contributed by atoms with Gasteiger partial charge in [-0.15, -0.1) is 5.10 Å². The van der Waals surface area contributed by atoms with E-state index in [0.717, 1.165) is 11.3 Å². The number of hydrogen-bond donors (Lipinski definition) is 0. The summed E-state index contributed by atoms with van der Waals surface area (Å²) in [6.07, 6.45) is 0.955. The maximum Gasteiger partial charge on any atom is 0.291 e. The molecule has 0 fully saturated rings. The van der Waals surface area contributed by atoms with Crippen molar-refractivity contribution in [1.82, 2.24) is 14.6 Å². The fourth-order valence-corrected chi connectivity index (χ4v) is 3.95. The Morgan fingerprint density at radius 1 is 1.17 bits per heavy atom. The smallest absolute Gasteiger partial charge is 0.291 e. The van der Waals surface area contributed by atoms with Crippen molar-refractivity contribution >= 4 is 28.1 Å². The average molecular weight is 408 g/mol. The molecule has 2 aromatic carbocycles. The van der Waals surface area contributed by atoms with Gasteiger partial charge in [-0.1, -0.05) is 35.6 Å². The maximum absolute atomic E-state index is 12.7. The molecule has 9 nitrogen and oxygen atoms in total. The Morgan fingerprint density at radius 2 is 1.93 bits per heavy atom. The van der Waals surface area contributed by atoms with Gasteiger partial charge in [-0.05, 0) is 24.3 Å². The van der Waals surface area contributed by atoms with E-state index in [1.807, 2.05) is 18.2 Å². The molecular formula is C19H12N4O5S. The number of rotatable bonds is 3. The second-order valence-corrected chi connectivity index (χ2v) is 7.27. The summed E-state index contributed by atoms with van der Waals surface area (Å²) in [6, 6.07) is 13.5. The Bertz CT molecular complexity index is 1360. The molecule has 0 bridgehead atoms. The van der Waals surface area contributed by atoms with Crippen LogP contribution in [0, 0.1) is 10.1 Å². The molecular weight excluding hydrogens is 396 g/mol. The van der Waals surface area contributed by atoms with Crippen LogP contribution in [-0.4, -0.2) is 26.1 Å². The van der Waals surface area contributed by atoms with Crippen LogP contribution in [-0.2, 0) is 0 Å². The molecule has 0 aliphatic carbocycles. The van der Waals surface area contributed by atoms with E-state index in [1.54, 1.807) is 24.3 Å². The van der Waals surface area contributed by atoms with E-state index in [-0.39, 0.29) is 17.9 Å². The number of benzene rings is 2. The Balaban J connectivity index is 1.52. The van der Waals surface area contributed by atoms with Crippen LogP contribution in [0.1, 0.15) is 17.5 Å². The van der Waals surface area contributed by atoms with Crippen molar-refractivity contribution < 1.29 is 14.4 Å². The normalized spacial score (nSPS) is 16.3. The molecule has 10 heteroatoms. The van der Waals surface area contributed by atoms with Crippen molar-refractivity contribution in [3.8, 4) is 11.5 Å². The molecule has 0 radical (unpaired) electrons. The molecule has 0 saturated carbocycles. The van der Waals surface area contributed by atoms with E-state index in [0.29, 0.717) is 32.4 Å². The number of ether oxygens (including phenoxy) is 2. The average Bonchev–Trinajstić information content (AvgIpc) is 3.27. The Kier molecular flexibility index (Phi) is 3.98. The predicted molar refractivity (Wildman–Crippen MR) is 104 cm³/mol. The first kappa shape index (κ1) is 17.3. The standard InChI is InChI=1S/C19H12N4O5S/c24-18-16(9-11-5-1-2-6-12(11)23(25)26)29-19-20-17(21-22(18)19)15-10-27-13-7-3-4-8-14(13)28-15/h1-9,15H,10H2/b16-9+/t15-/m1/s1. The number of hydrogen-bond acceptors (Lipinski definition) is 8. The molecule has 144 valence electrons. The van der Waals surface area contributed by atoms with Gasteiger partial charge in [-0.2, -0.15) is 9.50 Å². The van der Waals surface area contributed by atoms with E-state index in [2.05, 4.69) is 10.1 Å². The summed E-state index contributed by atoms with van der Waals surface area (Å²) in [7, 11) is 0. The lowest BCUT2D eigenvalue weighted by molar-refractivity contribution is -0.385. The van der Waals surface area contributed by atoms with Crippen molar-refractivity contribution in [2.24, 2.45) is 0 Å². The second kappa shape index (κ2) is 6.67. The van der Waals surface area contributed by atoms with Gasteiger partial charge in [0.15, 0.2) is 23.4 Å². The summed E-state index contributed by atoms with van der Waals surface area (Å²) in [4.78, 5) is 28.2. The van der Waals surface area contributed by atoms with Crippen LogP contribution in [0.15, 0.2) is 53.3 Å². The Labute approximate surface area is 166 Å². The number of para-hydroxylation sites is 3. The van der Waals surface area contributed by atoms with Crippen LogP contribution in [0.2, 0.25) is 0 Å². The minimum Gasteiger partial charge on any atom is -0.485 e. The van der Waals surface area contributed by atoms with E-state index >= 15 is 0 Å². The van der Waals surface area contributed by atoms with Crippen molar-refractivity contribution in [3.63, 3.8) is 0 Å². The molecule has 1 aliphatic heterocycles. The number of aromatic nitrogens is 3. The largest absolute Gasteiger partial charge is 0.485 e. The van der Waals surface area contributed by atoms with E-state index in [1.165, 1.54) is 16.7 Å². The number of fused-ring (bicyclic) bond motifs is 2. The molecule has 2 aromatic heterocycles. The van der Waals surface area contributed by atoms with Gasteiger partial charge in [0.25, 0.3) is 11.2 Å². The lowest BCUT2D eigenvalue weighted by Gasteiger charge is -2.24. The third-order valence-electron chi connectivity index (χ3n) is 4.41. The summed E-state index contributed by atoms with van der Waals surface area (Å²) in [5.74, 6) is 1.59. The zero-order valence-corrected chi connectivity index (χ0v) is 15.5.